The van der Waals surface area contributed by atoms with Crippen molar-refractivity contribution in [1.29, 1.82) is 0 Å². The summed E-state index contributed by atoms with van der Waals surface area (Å²) in [5, 5.41) is 5.93. The van der Waals surface area contributed by atoms with E-state index in [-0.39, 0.29) is 24.0 Å². The van der Waals surface area contributed by atoms with E-state index in [0.29, 0.717) is 12.3 Å². The maximum atomic E-state index is 12.5. The molecule has 1 unspecified atom stereocenters. The number of alkyl carbamates (subject to hydrolysis) is 1. The summed E-state index contributed by atoms with van der Waals surface area (Å²) in [5.41, 5.74) is 3.17. The van der Waals surface area contributed by atoms with Crippen molar-refractivity contribution in [3.8, 4) is 11.5 Å². The molecule has 2 aliphatic heterocycles. The van der Waals surface area contributed by atoms with E-state index >= 15 is 0 Å². The quantitative estimate of drug-likeness (QED) is 0.736. The monoisotopic (exact) mass is 430 g/mol. The van der Waals surface area contributed by atoms with E-state index in [1.54, 1.807) is 0 Å². The molecule has 0 radical (unpaired) electrons. The molecule has 3 aliphatic rings. The lowest BCUT2D eigenvalue weighted by atomic mass is 9.81. The van der Waals surface area contributed by atoms with Crippen LogP contribution in [0.3, 0.4) is 0 Å². The van der Waals surface area contributed by atoms with E-state index < -0.39 is 11.4 Å². The second kappa shape index (κ2) is 7.61. The Labute approximate surface area is 184 Å². The number of hydrogen-bond donors (Lipinski definition) is 2. The predicted molar refractivity (Wildman–Crippen MR) is 117 cm³/mol. The van der Waals surface area contributed by atoms with E-state index in [4.69, 9.17) is 14.2 Å². The molecular formula is C24H34N2O5. The second-order valence-electron chi connectivity index (χ2n) is 10.2. The first kappa shape index (κ1) is 21.8. The van der Waals surface area contributed by atoms with Gasteiger partial charge in [-0.1, -0.05) is 0 Å². The third-order valence-corrected chi connectivity index (χ3v) is 6.70. The van der Waals surface area contributed by atoms with Gasteiger partial charge in [0.2, 0.25) is 0 Å². The molecule has 2 N–H and O–H groups in total. The maximum absolute atomic E-state index is 12.5. The zero-order chi connectivity index (χ0) is 22.6. The van der Waals surface area contributed by atoms with E-state index in [9.17, 15) is 9.59 Å². The Morgan fingerprint density at radius 3 is 2.32 bits per heavy atom. The van der Waals surface area contributed by atoms with Crippen LogP contribution < -0.4 is 20.1 Å². The lowest BCUT2D eigenvalue weighted by molar-refractivity contribution is -0.121. The van der Waals surface area contributed by atoms with Crippen LogP contribution >= 0.6 is 0 Å². The molecule has 1 saturated carbocycles. The van der Waals surface area contributed by atoms with Gasteiger partial charge < -0.3 is 24.8 Å². The fourth-order valence-electron chi connectivity index (χ4n) is 5.09. The second-order valence-corrected chi connectivity index (χ2v) is 10.2. The van der Waals surface area contributed by atoms with Gasteiger partial charge in [-0.3, -0.25) is 4.79 Å². The average Bonchev–Trinajstić information content (AvgIpc) is 3.04. The minimum absolute atomic E-state index is 0.0319. The molecule has 0 saturated heterocycles. The summed E-state index contributed by atoms with van der Waals surface area (Å²) in [4.78, 5) is 24.6. The number of hydrogen-bond acceptors (Lipinski definition) is 5. The molecule has 31 heavy (non-hydrogen) atoms. The topological polar surface area (TPSA) is 85.9 Å². The maximum Gasteiger partial charge on any atom is 0.407 e. The summed E-state index contributed by atoms with van der Waals surface area (Å²) < 4.78 is 18.3. The first-order chi connectivity index (χ1) is 14.5. The summed E-state index contributed by atoms with van der Waals surface area (Å²) in [6.45, 7) is 12.2. The van der Waals surface area contributed by atoms with Gasteiger partial charge in [-0.2, -0.15) is 0 Å². The molecule has 7 nitrogen and oxygen atoms in total. The van der Waals surface area contributed by atoms with Crippen molar-refractivity contribution in [2.75, 3.05) is 6.54 Å². The van der Waals surface area contributed by atoms with Gasteiger partial charge in [-0.05, 0) is 77.8 Å². The Bertz CT molecular complexity index is 912. The highest BCUT2D eigenvalue weighted by molar-refractivity contribution is 6.00. The van der Waals surface area contributed by atoms with Gasteiger partial charge in [-0.15, -0.1) is 0 Å². The fraction of sp³-hybridized carbons (Fsp3) is 0.667. The smallest absolute Gasteiger partial charge is 0.407 e. The molecule has 0 bridgehead atoms. The Morgan fingerprint density at radius 1 is 1.10 bits per heavy atom. The van der Waals surface area contributed by atoms with Crippen molar-refractivity contribution in [1.82, 2.24) is 10.6 Å². The summed E-state index contributed by atoms with van der Waals surface area (Å²) in [6.07, 6.45) is 3.89. The Hall–Kier alpha value is -2.44. The lowest BCUT2D eigenvalue weighted by Gasteiger charge is -2.37. The number of ether oxygens (including phenoxy) is 3. The Balaban J connectivity index is 1.46. The summed E-state index contributed by atoms with van der Waals surface area (Å²) in [7, 11) is 0. The third-order valence-electron chi connectivity index (χ3n) is 6.70. The normalized spacial score (nSPS) is 27.4. The van der Waals surface area contributed by atoms with Crippen molar-refractivity contribution in [2.45, 2.75) is 91.1 Å². The molecule has 1 aromatic carbocycles. The number of rotatable bonds is 2. The molecule has 2 heterocycles. The molecule has 4 rings (SSSR count). The van der Waals surface area contributed by atoms with E-state index in [1.165, 1.54) is 0 Å². The third kappa shape index (κ3) is 4.06. The molecule has 7 heteroatoms. The van der Waals surface area contributed by atoms with Crippen LogP contribution in [0.4, 0.5) is 4.79 Å². The molecule has 1 aromatic rings. The number of fused-ring (bicyclic) bond motifs is 2. The van der Waals surface area contributed by atoms with E-state index in [0.717, 1.165) is 60.1 Å². The van der Waals surface area contributed by atoms with Gasteiger partial charge >= 0.3 is 6.09 Å². The van der Waals surface area contributed by atoms with Crippen LogP contribution in [-0.4, -0.2) is 36.0 Å². The van der Waals surface area contributed by atoms with Crippen LogP contribution in [0, 0.1) is 19.8 Å². The standard InChI is InChI=1S/C24H34N2O5/c1-13-17-11-12-25-21(27)18(17)14(2)20-19(13)29-24(6,30-20)15-7-9-16(10-8-15)26-22(28)31-23(3,4)5/h15-16H,7-12H2,1-6H3,(H,25,27)(H,26,28). The highest BCUT2D eigenvalue weighted by atomic mass is 16.7. The fourth-order valence-corrected chi connectivity index (χ4v) is 5.09. The van der Waals surface area contributed by atoms with Gasteiger partial charge in [0.1, 0.15) is 5.60 Å². The SMILES string of the molecule is Cc1c2c(c(C)c3c1OC(C)(C1CCC(NC(=O)OC(C)(C)C)CC1)O3)C(=O)NCC2. The van der Waals surface area contributed by atoms with Gasteiger partial charge in [0, 0.05) is 36.6 Å². The molecule has 2 amide bonds. The number of amides is 2. The number of nitrogens with one attached hydrogen (secondary N) is 2. The number of carbonyl (C=O) groups is 2. The summed E-state index contributed by atoms with van der Waals surface area (Å²) >= 11 is 0. The average molecular weight is 431 g/mol. The van der Waals surface area contributed by atoms with Crippen LogP contribution in [0.1, 0.15) is 80.4 Å². The summed E-state index contributed by atoms with van der Waals surface area (Å²) in [6, 6.07) is 0.0953. The minimum Gasteiger partial charge on any atom is -0.448 e. The predicted octanol–water partition coefficient (Wildman–Crippen LogP) is 4.16. The lowest BCUT2D eigenvalue weighted by Crippen LogP contribution is -2.48. The van der Waals surface area contributed by atoms with Crippen LogP contribution in [-0.2, 0) is 11.2 Å². The first-order valence-electron chi connectivity index (χ1n) is 11.3. The number of benzene rings is 1. The van der Waals surface area contributed by atoms with Crippen LogP contribution in [0.15, 0.2) is 0 Å². The van der Waals surface area contributed by atoms with Crippen molar-refractivity contribution in [2.24, 2.45) is 5.92 Å². The summed E-state index contributed by atoms with van der Waals surface area (Å²) in [5.74, 6) is 0.874. The van der Waals surface area contributed by atoms with Gasteiger partial charge in [0.05, 0.1) is 0 Å². The minimum atomic E-state index is -0.769. The van der Waals surface area contributed by atoms with Crippen LogP contribution in [0.2, 0.25) is 0 Å². The highest BCUT2D eigenvalue weighted by Crippen LogP contribution is 2.51. The van der Waals surface area contributed by atoms with Gasteiger partial charge in [0.15, 0.2) is 11.5 Å². The Morgan fingerprint density at radius 2 is 1.71 bits per heavy atom. The van der Waals surface area contributed by atoms with E-state index in [1.807, 2.05) is 41.5 Å². The Kier molecular flexibility index (Phi) is 5.34. The number of carbonyl (C=O) groups excluding carboxylic acids is 2. The van der Waals surface area contributed by atoms with Crippen LogP contribution in [0.5, 0.6) is 11.5 Å². The molecule has 1 aliphatic carbocycles. The van der Waals surface area contributed by atoms with Crippen LogP contribution in [0.25, 0.3) is 0 Å². The molecule has 170 valence electrons. The zero-order valence-corrected chi connectivity index (χ0v) is 19.4. The van der Waals surface area contributed by atoms with E-state index in [2.05, 4.69) is 10.6 Å². The van der Waals surface area contributed by atoms with Crippen molar-refractivity contribution in [3.05, 3.63) is 22.3 Å². The molecular weight excluding hydrogens is 396 g/mol. The molecule has 0 aromatic heterocycles. The largest absolute Gasteiger partial charge is 0.448 e. The zero-order valence-electron chi connectivity index (χ0n) is 19.4. The molecule has 0 spiro atoms. The first-order valence-corrected chi connectivity index (χ1v) is 11.3. The van der Waals surface area contributed by atoms with Crippen molar-refractivity contribution >= 4 is 12.0 Å². The molecule has 1 atom stereocenters. The highest BCUT2D eigenvalue weighted by Gasteiger charge is 2.48. The van der Waals surface area contributed by atoms with Gasteiger partial charge in [-0.25, -0.2) is 4.79 Å². The molecule has 1 fully saturated rings. The van der Waals surface area contributed by atoms with Crippen molar-refractivity contribution < 1.29 is 23.8 Å². The van der Waals surface area contributed by atoms with Crippen molar-refractivity contribution in [3.63, 3.8) is 0 Å². The van der Waals surface area contributed by atoms with Gasteiger partial charge in [0.25, 0.3) is 11.7 Å².